The molecule has 2 heterocycles. The van der Waals surface area contributed by atoms with Crippen molar-refractivity contribution in [2.24, 2.45) is 0 Å². The maximum atomic E-state index is 12.2. The van der Waals surface area contributed by atoms with Crippen LogP contribution in [0.1, 0.15) is 38.9 Å². The van der Waals surface area contributed by atoms with Crippen LogP contribution in [0, 0.1) is 0 Å². The van der Waals surface area contributed by atoms with Crippen LogP contribution in [0.5, 0.6) is 0 Å². The fourth-order valence-electron chi connectivity index (χ4n) is 2.93. The molecule has 0 saturated heterocycles. The first kappa shape index (κ1) is 12.2. The van der Waals surface area contributed by atoms with E-state index in [0.29, 0.717) is 0 Å². The van der Waals surface area contributed by atoms with E-state index in [2.05, 4.69) is 23.5 Å². The molecular formula is C15H19N3O. The topological polar surface area (TPSA) is 39.8 Å². The zero-order valence-electron chi connectivity index (χ0n) is 11.5. The van der Waals surface area contributed by atoms with Crippen molar-refractivity contribution >= 4 is 0 Å². The molecule has 0 bridgehead atoms. The van der Waals surface area contributed by atoms with Gasteiger partial charge in [-0.2, -0.15) is 9.67 Å². The van der Waals surface area contributed by atoms with Crippen molar-refractivity contribution in [3.8, 4) is 5.69 Å². The number of rotatable bonds is 1. The molecule has 100 valence electrons. The highest BCUT2D eigenvalue weighted by atomic mass is 16.2. The highest BCUT2D eigenvalue weighted by Crippen LogP contribution is 2.28. The largest absolute Gasteiger partial charge is 0.368 e. The summed E-state index contributed by atoms with van der Waals surface area (Å²) in [4.78, 5) is 16.5. The van der Waals surface area contributed by atoms with Crippen molar-refractivity contribution in [3.05, 3.63) is 46.6 Å². The third-order valence-electron chi connectivity index (χ3n) is 3.86. The van der Waals surface area contributed by atoms with E-state index >= 15 is 0 Å². The first-order valence-electron chi connectivity index (χ1n) is 6.86. The van der Waals surface area contributed by atoms with Gasteiger partial charge in [-0.1, -0.05) is 24.6 Å². The molecule has 1 aliphatic rings. The maximum Gasteiger partial charge on any atom is 0.368 e. The summed E-state index contributed by atoms with van der Waals surface area (Å²) in [5.41, 5.74) is 0.648. The van der Waals surface area contributed by atoms with E-state index in [4.69, 9.17) is 0 Å². The minimum absolute atomic E-state index is 0.0721. The van der Waals surface area contributed by atoms with Crippen molar-refractivity contribution in [1.29, 1.82) is 0 Å². The van der Waals surface area contributed by atoms with Crippen LogP contribution in [-0.4, -0.2) is 14.3 Å². The first-order valence-corrected chi connectivity index (χ1v) is 6.86. The van der Waals surface area contributed by atoms with Gasteiger partial charge in [0, 0.05) is 6.42 Å². The van der Waals surface area contributed by atoms with Crippen LogP contribution in [0.25, 0.3) is 5.69 Å². The molecule has 0 radical (unpaired) electrons. The van der Waals surface area contributed by atoms with Crippen LogP contribution in [0.3, 0.4) is 0 Å². The second-order valence-electron chi connectivity index (χ2n) is 5.79. The monoisotopic (exact) mass is 257 g/mol. The van der Waals surface area contributed by atoms with Gasteiger partial charge in [-0.05, 0) is 38.8 Å². The molecule has 0 N–H and O–H groups in total. The van der Waals surface area contributed by atoms with E-state index < -0.39 is 0 Å². The van der Waals surface area contributed by atoms with Gasteiger partial charge in [0.05, 0.1) is 11.2 Å². The van der Waals surface area contributed by atoms with Crippen LogP contribution in [0.2, 0.25) is 0 Å². The predicted octanol–water partition coefficient (Wildman–Crippen LogP) is 2.50. The molecular weight excluding hydrogens is 238 g/mol. The fourth-order valence-corrected chi connectivity index (χ4v) is 2.93. The van der Waals surface area contributed by atoms with E-state index in [1.807, 2.05) is 30.3 Å². The van der Waals surface area contributed by atoms with Crippen LogP contribution in [0.15, 0.2) is 35.1 Å². The summed E-state index contributed by atoms with van der Waals surface area (Å²) in [5.74, 6) is 0.913. The Labute approximate surface area is 112 Å². The molecule has 1 aromatic carbocycles. The lowest BCUT2D eigenvalue weighted by Gasteiger charge is -2.28. The summed E-state index contributed by atoms with van der Waals surface area (Å²) in [7, 11) is 0. The van der Waals surface area contributed by atoms with Crippen molar-refractivity contribution in [3.63, 3.8) is 0 Å². The molecule has 0 atom stereocenters. The SMILES string of the molecule is CC1(C)CCCCc2nc(=O)n(-c3ccccc3)n21. The third kappa shape index (κ3) is 2.01. The van der Waals surface area contributed by atoms with Crippen molar-refractivity contribution in [2.75, 3.05) is 0 Å². The van der Waals surface area contributed by atoms with Crippen LogP contribution in [-0.2, 0) is 12.0 Å². The minimum atomic E-state index is -0.170. The summed E-state index contributed by atoms with van der Waals surface area (Å²) < 4.78 is 3.82. The van der Waals surface area contributed by atoms with Gasteiger partial charge in [-0.25, -0.2) is 4.79 Å². The summed E-state index contributed by atoms with van der Waals surface area (Å²) >= 11 is 0. The molecule has 0 saturated carbocycles. The molecule has 4 heteroatoms. The lowest BCUT2D eigenvalue weighted by molar-refractivity contribution is 0.272. The molecule has 2 aromatic rings. The molecule has 4 nitrogen and oxygen atoms in total. The Morgan fingerprint density at radius 1 is 1.16 bits per heavy atom. The van der Waals surface area contributed by atoms with Crippen molar-refractivity contribution < 1.29 is 0 Å². The smallest absolute Gasteiger partial charge is 0.257 e. The van der Waals surface area contributed by atoms with Crippen molar-refractivity contribution in [1.82, 2.24) is 14.3 Å². The number of fused-ring (bicyclic) bond motifs is 1. The third-order valence-corrected chi connectivity index (χ3v) is 3.86. The number of aryl methyl sites for hydroxylation is 1. The normalized spacial score (nSPS) is 17.8. The van der Waals surface area contributed by atoms with E-state index in [0.717, 1.165) is 30.8 Å². The van der Waals surface area contributed by atoms with Crippen LogP contribution < -0.4 is 5.69 Å². The van der Waals surface area contributed by atoms with Gasteiger partial charge in [-0.15, -0.1) is 0 Å². The Morgan fingerprint density at radius 3 is 2.63 bits per heavy atom. The van der Waals surface area contributed by atoms with Gasteiger partial charge in [0.1, 0.15) is 5.82 Å². The highest BCUT2D eigenvalue weighted by molar-refractivity contribution is 5.30. The van der Waals surface area contributed by atoms with Gasteiger partial charge >= 0.3 is 5.69 Å². The predicted molar refractivity (Wildman–Crippen MR) is 74.7 cm³/mol. The molecule has 1 aromatic heterocycles. The average Bonchev–Trinajstić information content (AvgIpc) is 2.66. The molecule has 19 heavy (non-hydrogen) atoms. The molecule has 0 unspecified atom stereocenters. The molecule has 0 spiro atoms. The summed E-state index contributed by atoms with van der Waals surface area (Å²) in [6, 6.07) is 9.77. The molecule has 0 fully saturated rings. The Kier molecular flexibility index (Phi) is 2.81. The standard InChI is InChI=1S/C15H19N3O/c1-15(2)11-7-6-10-13-16-14(19)17(18(13)15)12-8-4-3-5-9-12/h3-5,8-9H,6-7,10-11H2,1-2H3. The Balaban J connectivity index is 2.27. The summed E-state index contributed by atoms with van der Waals surface area (Å²) in [5, 5.41) is 0. The number of nitrogens with zero attached hydrogens (tertiary/aromatic N) is 3. The minimum Gasteiger partial charge on any atom is -0.257 e. The summed E-state index contributed by atoms with van der Waals surface area (Å²) in [6.07, 6.45) is 4.25. The lowest BCUT2D eigenvalue weighted by atomic mass is 9.99. The average molecular weight is 257 g/mol. The van der Waals surface area contributed by atoms with Gasteiger partial charge in [0.2, 0.25) is 0 Å². The number of benzene rings is 1. The fraction of sp³-hybridized carbons (Fsp3) is 0.467. The van der Waals surface area contributed by atoms with E-state index in [1.165, 1.54) is 6.42 Å². The first-order chi connectivity index (χ1) is 9.09. The van der Waals surface area contributed by atoms with E-state index in [1.54, 1.807) is 4.68 Å². The number of hydrogen-bond acceptors (Lipinski definition) is 2. The lowest BCUT2D eigenvalue weighted by Crippen LogP contribution is -2.34. The van der Waals surface area contributed by atoms with Gasteiger partial charge in [-0.3, -0.25) is 4.68 Å². The van der Waals surface area contributed by atoms with Crippen molar-refractivity contribution in [2.45, 2.75) is 45.1 Å². The van der Waals surface area contributed by atoms with E-state index in [9.17, 15) is 4.79 Å². The Morgan fingerprint density at radius 2 is 1.89 bits per heavy atom. The quantitative estimate of drug-likeness (QED) is 0.787. The zero-order chi connectivity index (χ0) is 13.5. The zero-order valence-corrected chi connectivity index (χ0v) is 11.5. The van der Waals surface area contributed by atoms with Crippen LogP contribution >= 0.6 is 0 Å². The number of aromatic nitrogens is 3. The van der Waals surface area contributed by atoms with E-state index in [-0.39, 0.29) is 11.2 Å². The number of hydrogen-bond donors (Lipinski definition) is 0. The molecule has 3 rings (SSSR count). The molecule has 0 amide bonds. The Bertz CT molecular complexity index is 637. The van der Waals surface area contributed by atoms with Gasteiger partial charge in [0.25, 0.3) is 0 Å². The second kappa shape index (κ2) is 4.37. The maximum absolute atomic E-state index is 12.2. The van der Waals surface area contributed by atoms with Gasteiger partial charge < -0.3 is 0 Å². The summed E-state index contributed by atoms with van der Waals surface area (Å²) in [6.45, 7) is 4.37. The number of para-hydroxylation sites is 1. The highest BCUT2D eigenvalue weighted by Gasteiger charge is 2.30. The van der Waals surface area contributed by atoms with Crippen LogP contribution in [0.4, 0.5) is 0 Å². The molecule has 0 aliphatic carbocycles. The Hall–Kier alpha value is -1.84. The second-order valence-corrected chi connectivity index (χ2v) is 5.79. The van der Waals surface area contributed by atoms with Gasteiger partial charge in [0.15, 0.2) is 0 Å². The molecule has 1 aliphatic heterocycles.